The van der Waals surface area contributed by atoms with E-state index in [0.29, 0.717) is 18.7 Å². The van der Waals surface area contributed by atoms with Gasteiger partial charge >= 0.3 is 0 Å². The predicted molar refractivity (Wildman–Crippen MR) is 73.8 cm³/mol. The van der Waals surface area contributed by atoms with Crippen molar-refractivity contribution < 1.29 is 12.8 Å². The van der Waals surface area contributed by atoms with Gasteiger partial charge < -0.3 is 5.32 Å². The lowest BCUT2D eigenvalue weighted by atomic mass is 9.98. The Labute approximate surface area is 114 Å². The highest BCUT2D eigenvalue weighted by atomic mass is 32.2. The second-order valence-corrected chi connectivity index (χ2v) is 7.40. The SMILES string of the molecule is CNCc1ccc(F)cc1S(=O)(=O)NCC(C)(C)C. The third-order valence-electron chi connectivity index (χ3n) is 2.48. The predicted octanol–water partition coefficient (Wildman–Crippen LogP) is 1.87. The second-order valence-electron chi connectivity index (χ2n) is 5.67. The molecule has 0 saturated carbocycles. The number of rotatable bonds is 5. The molecular weight excluding hydrogens is 267 g/mol. The van der Waals surface area contributed by atoms with E-state index in [4.69, 9.17) is 0 Å². The number of sulfonamides is 1. The summed E-state index contributed by atoms with van der Waals surface area (Å²) < 4.78 is 40.2. The van der Waals surface area contributed by atoms with E-state index in [0.717, 1.165) is 6.07 Å². The topological polar surface area (TPSA) is 58.2 Å². The molecule has 0 radical (unpaired) electrons. The summed E-state index contributed by atoms with van der Waals surface area (Å²) in [7, 11) is -1.99. The van der Waals surface area contributed by atoms with E-state index in [2.05, 4.69) is 10.0 Å². The molecule has 1 aromatic rings. The standard InChI is InChI=1S/C13H21FN2O2S/c1-13(2,3)9-16-19(17,18)12-7-11(14)6-5-10(12)8-15-4/h5-7,15-16H,8-9H2,1-4H3. The van der Waals surface area contributed by atoms with Crippen LogP contribution in [-0.2, 0) is 16.6 Å². The first-order chi connectivity index (χ1) is 8.65. The van der Waals surface area contributed by atoms with Crippen molar-refractivity contribution in [3.8, 4) is 0 Å². The molecule has 0 aliphatic rings. The molecule has 4 nitrogen and oxygen atoms in total. The Morgan fingerprint density at radius 1 is 1.26 bits per heavy atom. The Balaban J connectivity index is 3.09. The van der Waals surface area contributed by atoms with Crippen molar-refractivity contribution in [2.75, 3.05) is 13.6 Å². The molecule has 0 atom stereocenters. The second kappa shape index (κ2) is 5.98. The van der Waals surface area contributed by atoms with Crippen LogP contribution in [0.3, 0.4) is 0 Å². The highest BCUT2D eigenvalue weighted by molar-refractivity contribution is 7.89. The van der Waals surface area contributed by atoms with Crippen LogP contribution in [0.25, 0.3) is 0 Å². The zero-order chi connectivity index (χ0) is 14.7. The molecule has 0 amide bonds. The maximum atomic E-state index is 13.3. The Morgan fingerprint density at radius 2 is 1.89 bits per heavy atom. The molecule has 0 saturated heterocycles. The molecule has 0 heterocycles. The molecule has 0 spiro atoms. The Morgan fingerprint density at radius 3 is 2.42 bits per heavy atom. The van der Waals surface area contributed by atoms with Gasteiger partial charge in [0, 0.05) is 13.1 Å². The normalized spacial score (nSPS) is 12.7. The minimum atomic E-state index is -3.70. The van der Waals surface area contributed by atoms with Gasteiger partial charge in [0.05, 0.1) is 4.90 Å². The molecule has 0 aromatic heterocycles. The van der Waals surface area contributed by atoms with Gasteiger partial charge in [-0.1, -0.05) is 26.8 Å². The lowest BCUT2D eigenvalue weighted by molar-refractivity contribution is 0.407. The van der Waals surface area contributed by atoms with Gasteiger partial charge in [0.15, 0.2) is 0 Å². The molecule has 0 unspecified atom stereocenters. The minimum absolute atomic E-state index is 0.00824. The van der Waals surface area contributed by atoms with Crippen molar-refractivity contribution in [2.24, 2.45) is 5.41 Å². The van der Waals surface area contributed by atoms with Crippen LogP contribution >= 0.6 is 0 Å². The van der Waals surface area contributed by atoms with Gasteiger partial charge in [0.2, 0.25) is 10.0 Å². The molecule has 108 valence electrons. The van der Waals surface area contributed by atoms with Gasteiger partial charge in [-0.2, -0.15) is 0 Å². The smallest absolute Gasteiger partial charge is 0.241 e. The Bertz CT molecular complexity index is 536. The number of hydrogen-bond acceptors (Lipinski definition) is 3. The number of hydrogen-bond donors (Lipinski definition) is 2. The summed E-state index contributed by atoms with van der Waals surface area (Å²) in [6.45, 7) is 6.44. The molecule has 2 N–H and O–H groups in total. The molecule has 0 bridgehead atoms. The lowest BCUT2D eigenvalue weighted by Gasteiger charge is -2.19. The summed E-state index contributed by atoms with van der Waals surface area (Å²) in [5, 5.41) is 2.87. The van der Waals surface area contributed by atoms with E-state index in [-0.39, 0.29) is 10.3 Å². The average molecular weight is 288 g/mol. The number of nitrogens with one attached hydrogen (secondary N) is 2. The molecule has 0 aliphatic carbocycles. The van der Waals surface area contributed by atoms with E-state index < -0.39 is 15.8 Å². The molecular formula is C13H21FN2O2S. The average Bonchev–Trinajstić information content (AvgIpc) is 2.28. The monoisotopic (exact) mass is 288 g/mol. The van der Waals surface area contributed by atoms with Gasteiger partial charge in [0.1, 0.15) is 5.82 Å². The quantitative estimate of drug-likeness (QED) is 0.869. The van der Waals surface area contributed by atoms with Gasteiger partial charge in [-0.3, -0.25) is 0 Å². The first kappa shape index (κ1) is 16.1. The zero-order valence-corrected chi connectivity index (χ0v) is 12.6. The van der Waals surface area contributed by atoms with Crippen molar-refractivity contribution in [2.45, 2.75) is 32.2 Å². The van der Waals surface area contributed by atoms with Crippen LogP contribution in [0.15, 0.2) is 23.1 Å². The van der Waals surface area contributed by atoms with Crippen LogP contribution in [0.4, 0.5) is 4.39 Å². The van der Waals surface area contributed by atoms with Crippen LogP contribution in [0.5, 0.6) is 0 Å². The molecule has 0 fully saturated rings. The highest BCUT2D eigenvalue weighted by Crippen LogP contribution is 2.19. The Kier molecular flexibility index (Phi) is 5.06. The van der Waals surface area contributed by atoms with Crippen molar-refractivity contribution >= 4 is 10.0 Å². The van der Waals surface area contributed by atoms with Gasteiger partial charge in [-0.15, -0.1) is 0 Å². The van der Waals surface area contributed by atoms with E-state index in [1.807, 2.05) is 20.8 Å². The van der Waals surface area contributed by atoms with Crippen LogP contribution < -0.4 is 10.0 Å². The first-order valence-electron chi connectivity index (χ1n) is 6.08. The lowest BCUT2D eigenvalue weighted by Crippen LogP contribution is -2.33. The summed E-state index contributed by atoms with van der Waals surface area (Å²) in [5.74, 6) is -0.559. The van der Waals surface area contributed by atoms with E-state index in [9.17, 15) is 12.8 Å². The first-order valence-corrected chi connectivity index (χ1v) is 7.57. The summed E-state index contributed by atoms with van der Waals surface area (Å²) in [6.07, 6.45) is 0. The summed E-state index contributed by atoms with van der Waals surface area (Å²) >= 11 is 0. The van der Waals surface area contributed by atoms with Crippen LogP contribution in [0, 0.1) is 11.2 Å². The van der Waals surface area contributed by atoms with Gasteiger partial charge in [-0.05, 0) is 30.2 Å². The maximum Gasteiger partial charge on any atom is 0.241 e. The van der Waals surface area contributed by atoms with E-state index in [1.165, 1.54) is 12.1 Å². The third kappa shape index (κ3) is 4.89. The third-order valence-corrected chi connectivity index (χ3v) is 3.96. The highest BCUT2D eigenvalue weighted by Gasteiger charge is 2.21. The summed E-state index contributed by atoms with van der Waals surface area (Å²) in [5.41, 5.74) is 0.370. The molecule has 19 heavy (non-hydrogen) atoms. The van der Waals surface area contributed by atoms with Crippen molar-refractivity contribution in [3.63, 3.8) is 0 Å². The van der Waals surface area contributed by atoms with Crippen molar-refractivity contribution in [1.29, 1.82) is 0 Å². The van der Waals surface area contributed by atoms with Gasteiger partial charge in [0.25, 0.3) is 0 Å². The fourth-order valence-electron chi connectivity index (χ4n) is 1.50. The van der Waals surface area contributed by atoms with Crippen molar-refractivity contribution in [1.82, 2.24) is 10.0 Å². The minimum Gasteiger partial charge on any atom is -0.316 e. The van der Waals surface area contributed by atoms with E-state index >= 15 is 0 Å². The van der Waals surface area contributed by atoms with Gasteiger partial charge in [-0.25, -0.2) is 17.5 Å². The van der Waals surface area contributed by atoms with E-state index in [1.54, 1.807) is 7.05 Å². The van der Waals surface area contributed by atoms with Crippen LogP contribution in [-0.4, -0.2) is 22.0 Å². The summed E-state index contributed by atoms with van der Waals surface area (Å²) in [6, 6.07) is 3.80. The maximum absolute atomic E-state index is 13.3. The molecule has 1 aromatic carbocycles. The zero-order valence-electron chi connectivity index (χ0n) is 11.7. The van der Waals surface area contributed by atoms with Crippen LogP contribution in [0.2, 0.25) is 0 Å². The number of benzene rings is 1. The van der Waals surface area contributed by atoms with Crippen LogP contribution in [0.1, 0.15) is 26.3 Å². The Hall–Kier alpha value is -0.980. The summed E-state index contributed by atoms with van der Waals surface area (Å²) in [4.78, 5) is -0.00824. The van der Waals surface area contributed by atoms with Crippen molar-refractivity contribution in [3.05, 3.63) is 29.6 Å². The molecule has 1 rings (SSSR count). The fourth-order valence-corrected chi connectivity index (χ4v) is 3.04. The number of halogens is 1. The largest absolute Gasteiger partial charge is 0.316 e. The molecule has 6 heteroatoms. The molecule has 0 aliphatic heterocycles. The fraction of sp³-hybridized carbons (Fsp3) is 0.538.